The van der Waals surface area contributed by atoms with Crippen molar-refractivity contribution in [2.75, 3.05) is 0 Å². The maximum Gasteiger partial charge on any atom is 0.156 e. The van der Waals surface area contributed by atoms with Gasteiger partial charge in [-0.15, -0.1) is 11.6 Å². The fourth-order valence-electron chi connectivity index (χ4n) is 0.750. The Hall–Kier alpha value is -0.310. The molecule has 0 radical (unpaired) electrons. The Morgan fingerprint density at radius 1 is 1.17 bits per heavy atom. The largest absolute Gasteiger partial charge is 0.506 e. The van der Waals surface area contributed by atoms with Gasteiger partial charge in [0.2, 0.25) is 0 Å². The molecule has 12 heavy (non-hydrogen) atoms. The van der Waals surface area contributed by atoms with E-state index in [1.54, 1.807) is 0 Å². The highest BCUT2D eigenvalue weighted by Crippen LogP contribution is 2.41. The molecular formula is C7H5Cl3O2. The summed E-state index contributed by atoms with van der Waals surface area (Å²) in [5.41, 5.74) is 0.393. The lowest BCUT2D eigenvalue weighted by atomic mass is 10.2. The molecule has 66 valence electrons. The van der Waals surface area contributed by atoms with Crippen molar-refractivity contribution in [1.29, 1.82) is 0 Å². The third-order valence-electron chi connectivity index (χ3n) is 1.39. The Balaban J connectivity index is 3.39. The third-order valence-corrected chi connectivity index (χ3v) is 2.33. The number of phenols is 2. The summed E-state index contributed by atoms with van der Waals surface area (Å²) in [7, 11) is 0. The molecule has 0 bridgehead atoms. The zero-order chi connectivity index (χ0) is 9.30. The molecule has 1 aromatic carbocycles. The Bertz CT molecular complexity index is 312. The highest BCUT2D eigenvalue weighted by atomic mass is 35.5. The van der Waals surface area contributed by atoms with Gasteiger partial charge in [0.05, 0.1) is 10.9 Å². The van der Waals surface area contributed by atoms with Crippen molar-refractivity contribution in [2.45, 2.75) is 5.88 Å². The topological polar surface area (TPSA) is 40.5 Å². The summed E-state index contributed by atoms with van der Waals surface area (Å²) in [6, 6.07) is 1.37. The molecule has 0 fully saturated rings. The van der Waals surface area contributed by atoms with Crippen LogP contribution < -0.4 is 0 Å². The van der Waals surface area contributed by atoms with Crippen LogP contribution in [0.2, 0.25) is 10.0 Å². The SMILES string of the molecule is Oc1c(Cl)cc(CCl)c(O)c1Cl. The van der Waals surface area contributed by atoms with Crippen molar-refractivity contribution in [2.24, 2.45) is 0 Å². The molecule has 1 rings (SSSR count). The highest BCUT2D eigenvalue weighted by molar-refractivity contribution is 6.38. The van der Waals surface area contributed by atoms with Crippen LogP contribution in [0, 0.1) is 0 Å². The molecule has 0 heterocycles. The number of alkyl halides is 1. The van der Waals surface area contributed by atoms with Crippen LogP contribution in [-0.4, -0.2) is 10.2 Å². The lowest BCUT2D eigenvalue weighted by molar-refractivity contribution is 0.448. The maximum absolute atomic E-state index is 9.27. The molecule has 2 N–H and O–H groups in total. The highest BCUT2D eigenvalue weighted by Gasteiger charge is 2.13. The summed E-state index contributed by atoms with van der Waals surface area (Å²) in [5.74, 6) is -0.468. The van der Waals surface area contributed by atoms with Gasteiger partial charge < -0.3 is 10.2 Å². The molecule has 0 aromatic heterocycles. The minimum Gasteiger partial charge on any atom is -0.506 e. The van der Waals surface area contributed by atoms with E-state index in [2.05, 4.69) is 0 Å². The molecule has 0 saturated carbocycles. The van der Waals surface area contributed by atoms with Crippen molar-refractivity contribution < 1.29 is 10.2 Å². The second-order valence-electron chi connectivity index (χ2n) is 2.16. The predicted molar refractivity (Wildman–Crippen MR) is 49.3 cm³/mol. The standard InChI is InChI=1S/C7H5Cl3O2/c8-2-3-1-4(9)7(12)5(10)6(3)11/h1,11-12H,2H2. The van der Waals surface area contributed by atoms with E-state index in [1.807, 2.05) is 0 Å². The van der Waals surface area contributed by atoms with Gasteiger partial charge in [0, 0.05) is 5.56 Å². The van der Waals surface area contributed by atoms with Gasteiger partial charge in [-0.05, 0) is 6.07 Å². The fraction of sp³-hybridized carbons (Fsp3) is 0.143. The van der Waals surface area contributed by atoms with Gasteiger partial charge in [0.1, 0.15) is 10.8 Å². The molecule has 0 amide bonds. The van der Waals surface area contributed by atoms with Crippen LogP contribution in [0.3, 0.4) is 0 Å². The number of benzene rings is 1. The van der Waals surface area contributed by atoms with E-state index < -0.39 is 0 Å². The number of halogens is 3. The first-order valence-corrected chi connectivity index (χ1v) is 4.31. The van der Waals surface area contributed by atoms with Crippen LogP contribution in [0.15, 0.2) is 6.07 Å². The minimum absolute atomic E-state index is 0.0773. The maximum atomic E-state index is 9.27. The predicted octanol–water partition coefficient (Wildman–Crippen LogP) is 3.14. The van der Waals surface area contributed by atoms with Gasteiger partial charge >= 0.3 is 0 Å². The van der Waals surface area contributed by atoms with E-state index in [0.29, 0.717) is 5.56 Å². The van der Waals surface area contributed by atoms with E-state index in [1.165, 1.54) is 6.07 Å². The summed E-state index contributed by atoms with van der Waals surface area (Å²) < 4.78 is 0. The van der Waals surface area contributed by atoms with Crippen molar-refractivity contribution >= 4 is 34.8 Å². The summed E-state index contributed by atoms with van der Waals surface area (Å²) in [4.78, 5) is 0. The molecule has 2 nitrogen and oxygen atoms in total. The Morgan fingerprint density at radius 2 is 1.75 bits per heavy atom. The van der Waals surface area contributed by atoms with E-state index in [0.717, 1.165) is 0 Å². The Kier molecular flexibility index (Phi) is 2.94. The van der Waals surface area contributed by atoms with Crippen molar-refractivity contribution in [3.63, 3.8) is 0 Å². The molecule has 0 aliphatic rings. The summed E-state index contributed by atoms with van der Waals surface area (Å²) in [5, 5.41) is 18.3. The van der Waals surface area contributed by atoms with E-state index in [9.17, 15) is 5.11 Å². The zero-order valence-corrected chi connectivity index (χ0v) is 8.08. The molecule has 0 unspecified atom stereocenters. The van der Waals surface area contributed by atoms with Crippen LogP contribution >= 0.6 is 34.8 Å². The first-order valence-electron chi connectivity index (χ1n) is 3.02. The molecule has 0 aliphatic carbocycles. The smallest absolute Gasteiger partial charge is 0.156 e. The third kappa shape index (κ3) is 1.56. The first-order chi connectivity index (χ1) is 5.57. The van der Waals surface area contributed by atoms with Crippen molar-refractivity contribution in [1.82, 2.24) is 0 Å². The summed E-state index contributed by atoms with van der Waals surface area (Å²) in [6.45, 7) is 0. The van der Waals surface area contributed by atoms with Gasteiger partial charge in [-0.3, -0.25) is 0 Å². The molecular weight excluding hydrogens is 222 g/mol. The molecule has 1 aromatic rings. The molecule has 0 saturated heterocycles. The monoisotopic (exact) mass is 226 g/mol. The van der Waals surface area contributed by atoms with Crippen LogP contribution in [0.4, 0.5) is 0 Å². The van der Waals surface area contributed by atoms with Crippen LogP contribution in [0.5, 0.6) is 11.5 Å². The molecule has 0 spiro atoms. The van der Waals surface area contributed by atoms with E-state index >= 15 is 0 Å². The summed E-state index contributed by atoms with van der Waals surface area (Å²) >= 11 is 16.6. The van der Waals surface area contributed by atoms with Crippen LogP contribution in [0.25, 0.3) is 0 Å². The lowest BCUT2D eigenvalue weighted by Gasteiger charge is -2.06. The average molecular weight is 227 g/mol. The Labute approximate surface area is 84.3 Å². The van der Waals surface area contributed by atoms with Gasteiger partial charge in [-0.2, -0.15) is 0 Å². The lowest BCUT2D eigenvalue weighted by Crippen LogP contribution is -1.82. The summed E-state index contributed by atoms with van der Waals surface area (Å²) in [6.07, 6.45) is 0. The van der Waals surface area contributed by atoms with Crippen LogP contribution in [-0.2, 0) is 5.88 Å². The second-order valence-corrected chi connectivity index (χ2v) is 3.21. The quantitative estimate of drug-likeness (QED) is 0.724. The fourth-order valence-corrected chi connectivity index (χ4v) is 1.45. The average Bonchev–Trinajstić information content (AvgIpc) is 2.08. The van der Waals surface area contributed by atoms with Gasteiger partial charge in [-0.1, -0.05) is 23.2 Å². The number of aromatic hydroxyl groups is 2. The molecule has 0 aliphatic heterocycles. The molecule has 5 heteroatoms. The zero-order valence-electron chi connectivity index (χ0n) is 5.81. The number of rotatable bonds is 1. The number of phenolic OH excluding ortho intramolecular Hbond substituents is 2. The van der Waals surface area contributed by atoms with Crippen LogP contribution in [0.1, 0.15) is 5.56 Å². The van der Waals surface area contributed by atoms with Gasteiger partial charge in [0.25, 0.3) is 0 Å². The van der Waals surface area contributed by atoms with Crippen molar-refractivity contribution in [3.8, 4) is 11.5 Å². The molecule has 0 atom stereocenters. The van der Waals surface area contributed by atoms with Gasteiger partial charge in [-0.25, -0.2) is 0 Å². The first kappa shape index (κ1) is 9.78. The Morgan fingerprint density at radius 3 is 2.25 bits per heavy atom. The van der Waals surface area contributed by atoms with Gasteiger partial charge in [0.15, 0.2) is 5.75 Å². The second kappa shape index (κ2) is 3.60. The van der Waals surface area contributed by atoms with Crippen molar-refractivity contribution in [3.05, 3.63) is 21.7 Å². The number of hydrogen-bond acceptors (Lipinski definition) is 2. The van der Waals surface area contributed by atoms with E-state index in [4.69, 9.17) is 39.9 Å². The normalized spacial score (nSPS) is 10.2. The minimum atomic E-state index is -0.329. The number of hydrogen-bond donors (Lipinski definition) is 2. The van der Waals surface area contributed by atoms with E-state index in [-0.39, 0.29) is 27.4 Å².